The van der Waals surface area contributed by atoms with Gasteiger partial charge in [-0.15, -0.1) is 0 Å². The Kier molecular flexibility index (Phi) is 12.2. The van der Waals surface area contributed by atoms with E-state index in [2.05, 4.69) is 27.0 Å². The molecule has 7 rings (SSSR count). The molecule has 0 bridgehead atoms. The van der Waals surface area contributed by atoms with E-state index in [4.69, 9.17) is 0 Å². The Labute approximate surface area is 335 Å². The molecule has 1 aliphatic rings. The average Bonchev–Trinajstić information content (AvgIpc) is 3.66. The molecule has 2 heterocycles. The quantitative estimate of drug-likeness (QED) is 0.124. The highest BCUT2D eigenvalue weighted by Crippen LogP contribution is 2.22. The maximum atomic E-state index is 15.0. The summed E-state index contributed by atoms with van der Waals surface area (Å²) in [5.74, 6) is -2.32. The van der Waals surface area contributed by atoms with Crippen molar-refractivity contribution >= 4 is 34.4 Å². The molecule has 58 heavy (non-hydrogen) atoms. The molecule has 0 radical (unpaired) electrons. The Morgan fingerprint density at radius 1 is 0.793 bits per heavy atom. The van der Waals surface area contributed by atoms with E-state index in [-0.39, 0.29) is 37.5 Å². The van der Waals surface area contributed by atoms with E-state index in [0.717, 1.165) is 21.9 Å². The van der Waals surface area contributed by atoms with Crippen LogP contribution in [0.15, 0.2) is 134 Å². The minimum atomic E-state index is -1.20. The fourth-order valence-corrected chi connectivity index (χ4v) is 7.50. The molecule has 1 fully saturated rings. The second-order valence-electron chi connectivity index (χ2n) is 14.8. The van der Waals surface area contributed by atoms with Gasteiger partial charge in [-0.1, -0.05) is 97.1 Å². The second-order valence-corrected chi connectivity index (χ2v) is 14.8. The molecule has 1 aromatic heterocycles. The highest BCUT2D eigenvalue weighted by Gasteiger charge is 2.41. The molecule has 12 heteroatoms. The lowest BCUT2D eigenvalue weighted by atomic mass is 9.95. The summed E-state index contributed by atoms with van der Waals surface area (Å²) in [5, 5.41) is 20.7. The molecular formula is C46H45FN6O5. The largest absolute Gasteiger partial charge is 0.508 e. The first-order valence-corrected chi connectivity index (χ1v) is 19.3. The summed E-state index contributed by atoms with van der Waals surface area (Å²) >= 11 is 0. The highest BCUT2D eigenvalue weighted by molar-refractivity contribution is 5.95. The number of benzene rings is 5. The number of phenolic OH excluding ortho intramolecular Hbond substituents is 1. The number of amides is 4. The zero-order valence-corrected chi connectivity index (χ0v) is 32.1. The van der Waals surface area contributed by atoms with E-state index in [1.165, 1.54) is 36.1 Å². The maximum Gasteiger partial charge on any atom is 0.246 e. The minimum absolute atomic E-state index is 0.0112. The van der Waals surface area contributed by atoms with Gasteiger partial charge in [-0.25, -0.2) is 9.37 Å². The number of aromatic nitrogens is 2. The predicted octanol–water partition coefficient (Wildman–Crippen LogP) is 4.89. The van der Waals surface area contributed by atoms with Gasteiger partial charge in [-0.3, -0.25) is 19.2 Å². The molecule has 0 saturated carbocycles. The van der Waals surface area contributed by atoms with Crippen LogP contribution in [0, 0.1) is 5.82 Å². The van der Waals surface area contributed by atoms with Gasteiger partial charge in [-0.2, -0.15) is 0 Å². The number of imidazole rings is 1. The topological polar surface area (TPSA) is 146 Å². The van der Waals surface area contributed by atoms with Crippen molar-refractivity contribution in [2.24, 2.45) is 0 Å². The number of carbonyl (C=O) groups is 4. The zero-order valence-electron chi connectivity index (χ0n) is 32.1. The number of hydrogen-bond donors (Lipinski definition) is 4. The third-order valence-corrected chi connectivity index (χ3v) is 10.4. The Balaban J connectivity index is 1.19. The van der Waals surface area contributed by atoms with Crippen LogP contribution in [0.2, 0.25) is 0 Å². The number of phenols is 1. The van der Waals surface area contributed by atoms with Gasteiger partial charge in [0, 0.05) is 45.5 Å². The van der Waals surface area contributed by atoms with Crippen molar-refractivity contribution in [1.82, 2.24) is 30.4 Å². The molecule has 6 aromatic rings. The average molecular weight is 781 g/mol. The number of halogens is 1. The number of rotatable bonds is 14. The van der Waals surface area contributed by atoms with E-state index in [1.807, 2.05) is 77.5 Å². The number of fused-ring (bicyclic) bond motifs is 1. The smallest absolute Gasteiger partial charge is 0.246 e. The van der Waals surface area contributed by atoms with Crippen LogP contribution in [-0.4, -0.2) is 73.9 Å². The van der Waals surface area contributed by atoms with Crippen molar-refractivity contribution in [3.05, 3.63) is 168 Å². The molecule has 4 unspecified atom stereocenters. The summed E-state index contributed by atoms with van der Waals surface area (Å²) in [7, 11) is 0. The lowest BCUT2D eigenvalue weighted by molar-refractivity contribution is -0.147. The van der Waals surface area contributed by atoms with Gasteiger partial charge in [0.25, 0.3) is 0 Å². The summed E-state index contributed by atoms with van der Waals surface area (Å²) in [5.41, 5.74) is 3.93. The fraction of sp³-hybridized carbons (Fsp3) is 0.239. The third-order valence-electron chi connectivity index (χ3n) is 10.4. The molecule has 1 aliphatic heterocycles. The summed E-state index contributed by atoms with van der Waals surface area (Å²) in [4.78, 5) is 61.8. The van der Waals surface area contributed by atoms with Gasteiger partial charge >= 0.3 is 0 Å². The third kappa shape index (κ3) is 10.1. The molecule has 4 amide bonds. The van der Waals surface area contributed by atoms with Crippen LogP contribution in [0.25, 0.3) is 10.8 Å². The van der Waals surface area contributed by atoms with Crippen LogP contribution in [0.4, 0.5) is 4.39 Å². The molecule has 0 aliphatic carbocycles. The summed E-state index contributed by atoms with van der Waals surface area (Å²) in [6, 6.07) is 32.3. The van der Waals surface area contributed by atoms with E-state index in [1.54, 1.807) is 30.6 Å². The number of aromatic hydroxyl groups is 1. The van der Waals surface area contributed by atoms with Crippen LogP contribution in [-0.2, 0) is 51.4 Å². The molecule has 11 nitrogen and oxygen atoms in total. The first-order valence-electron chi connectivity index (χ1n) is 19.3. The lowest BCUT2D eigenvalue weighted by Gasteiger charge is -2.41. The van der Waals surface area contributed by atoms with Crippen LogP contribution >= 0.6 is 0 Å². The summed E-state index contributed by atoms with van der Waals surface area (Å²) < 4.78 is 15.9. The molecule has 4 atom stereocenters. The van der Waals surface area contributed by atoms with Crippen molar-refractivity contribution in [3.8, 4) is 5.75 Å². The Bertz CT molecular complexity index is 2380. The molecule has 1 saturated heterocycles. The van der Waals surface area contributed by atoms with E-state index in [0.29, 0.717) is 29.8 Å². The molecule has 0 spiro atoms. The summed E-state index contributed by atoms with van der Waals surface area (Å²) in [6.45, 7) is 2.02. The van der Waals surface area contributed by atoms with Gasteiger partial charge in [0.05, 0.1) is 18.1 Å². The first kappa shape index (κ1) is 39.4. The Hall–Kier alpha value is -6.82. The molecule has 4 N–H and O–H groups in total. The lowest BCUT2D eigenvalue weighted by Crippen LogP contribution is -2.66. The second kappa shape index (κ2) is 18.0. The first-order chi connectivity index (χ1) is 28.1. The van der Waals surface area contributed by atoms with Gasteiger partial charge in [-0.05, 0) is 63.7 Å². The fourth-order valence-electron chi connectivity index (χ4n) is 7.50. The summed E-state index contributed by atoms with van der Waals surface area (Å²) in [6.07, 6.45) is 4.20. The number of hydrogen-bond acceptors (Lipinski definition) is 6. The highest BCUT2D eigenvalue weighted by atomic mass is 19.1. The van der Waals surface area contributed by atoms with Crippen LogP contribution in [0.5, 0.6) is 5.75 Å². The normalized spacial score (nSPS) is 16.3. The van der Waals surface area contributed by atoms with Gasteiger partial charge < -0.3 is 30.5 Å². The molecule has 5 aromatic carbocycles. The van der Waals surface area contributed by atoms with Crippen LogP contribution in [0.1, 0.15) is 34.9 Å². The molecular weight excluding hydrogens is 736 g/mol. The van der Waals surface area contributed by atoms with Crippen molar-refractivity contribution < 1.29 is 28.7 Å². The maximum absolute atomic E-state index is 15.0. The number of nitrogens with one attached hydrogen (secondary N) is 3. The number of nitrogens with zero attached hydrogens (tertiary/aromatic N) is 3. The Morgan fingerprint density at radius 3 is 2.17 bits per heavy atom. The van der Waals surface area contributed by atoms with E-state index >= 15 is 4.79 Å². The molecule has 296 valence electrons. The van der Waals surface area contributed by atoms with Crippen molar-refractivity contribution in [1.29, 1.82) is 0 Å². The predicted molar refractivity (Wildman–Crippen MR) is 218 cm³/mol. The standard InChI is InChI=1S/C46H45FN6O5/c1-30(54)49-41(23-32-14-19-40(55)20-15-32)44(56)51-42(24-31-12-17-37(47)18-13-31)46(58)53-28-39(22-34-11-16-35-9-5-6-10-36(35)21-34)50-45(57)43(53)25-38-27-52(29-48-38)26-33-7-3-2-4-8-33/h2-21,27,29,39,41-43,55H,22-26,28H2,1H3,(H,49,54)(H,50,57)(H,51,56). The van der Waals surface area contributed by atoms with Crippen LogP contribution in [0.3, 0.4) is 0 Å². The Morgan fingerprint density at radius 2 is 1.45 bits per heavy atom. The van der Waals surface area contributed by atoms with Gasteiger partial charge in [0.2, 0.25) is 23.6 Å². The zero-order chi connectivity index (χ0) is 40.6. The van der Waals surface area contributed by atoms with Crippen molar-refractivity contribution in [2.75, 3.05) is 6.54 Å². The minimum Gasteiger partial charge on any atom is -0.508 e. The van der Waals surface area contributed by atoms with Crippen molar-refractivity contribution in [3.63, 3.8) is 0 Å². The number of piperazine rings is 1. The van der Waals surface area contributed by atoms with E-state index < -0.39 is 47.7 Å². The van der Waals surface area contributed by atoms with Gasteiger partial charge in [0.1, 0.15) is 29.7 Å². The van der Waals surface area contributed by atoms with E-state index in [9.17, 15) is 23.9 Å². The SMILES string of the molecule is CC(=O)NC(Cc1ccc(O)cc1)C(=O)NC(Cc1ccc(F)cc1)C(=O)N1CC(Cc2ccc3ccccc3c2)NC(=O)C1Cc1cn(Cc2ccccc2)cn1. The number of carbonyl (C=O) groups excluding carboxylic acids is 4. The van der Waals surface area contributed by atoms with Gasteiger partial charge in [0.15, 0.2) is 0 Å². The van der Waals surface area contributed by atoms with Crippen LogP contribution < -0.4 is 16.0 Å². The monoisotopic (exact) mass is 780 g/mol. The van der Waals surface area contributed by atoms with Crippen molar-refractivity contribution in [2.45, 2.75) is 63.3 Å².